The largest absolute Gasteiger partial charge is 0.480 e. The maximum Gasteiger partial charge on any atom is 0.326 e. The molecule has 104 valence electrons. The van der Waals surface area contributed by atoms with Crippen LogP contribution in [-0.4, -0.2) is 41.1 Å². The molecule has 1 saturated carbocycles. The summed E-state index contributed by atoms with van der Waals surface area (Å²) in [6.45, 7) is 3.77. The lowest BCUT2D eigenvalue weighted by atomic mass is 10.00. The van der Waals surface area contributed by atoms with Gasteiger partial charge < -0.3 is 15.3 Å². The van der Waals surface area contributed by atoms with Crippen LogP contribution in [0.4, 0.5) is 4.79 Å². The number of carboxylic acids is 1. The van der Waals surface area contributed by atoms with Crippen molar-refractivity contribution < 1.29 is 14.7 Å². The van der Waals surface area contributed by atoms with Crippen LogP contribution in [-0.2, 0) is 4.79 Å². The number of nitrogens with zero attached hydrogens (tertiary/aromatic N) is 1. The van der Waals surface area contributed by atoms with Gasteiger partial charge in [-0.1, -0.05) is 19.8 Å². The summed E-state index contributed by atoms with van der Waals surface area (Å²) in [4.78, 5) is 24.2. The van der Waals surface area contributed by atoms with Gasteiger partial charge in [0.15, 0.2) is 0 Å². The normalized spacial score (nSPS) is 19.3. The number of aliphatic carboxylic acids is 1. The van der Waals surface area contributed by atoms with Crippen LogP contribution in [0.25, 0.3) is 0 Å². The van der Waals surface area contributed by atoms with Gasteiger partial charge >= 0.3 is 12.0 Å². The number of amides is 2. The van der Waals surface area contributed by atoms with E-state index < -0.39 is 12.0 Å². The average Bonchev–Trinajstić information content (AvgIpc) is 2.82. The van der Waals surface area contributed by atoms with Gasteiger partial charge in [-0.25, -0.2) is 9.59 Å². The number of likely N-dealkylation sites (N-methyl/N-ethyl adjacent to an activating group) is 1. The Kier molecular flexibility index (Phi) is 5.44. The Labute approximate surface area is 109 Å². The summed E-state index contributed by atoms with van der Waals surface area (Å²) in [6, 6.07) is -0.918. The van der Waals surface area contributed by atoms with Crippen LogP contribution in [0.5, 0.6) is 0 Å². The Morgan fingerprint density at radius 3 is 2.39 bits per heavy atom. The number of hydrogen-bond acceptors (Lipinski definition) is 2. The van der Waals surface area contributed by atoms with Gasteiger partial charge in [0, 0.05) is 13.1 Å². The standard InChI is InChI=1S/C13H24N2O3/c1-4-11(12(16)17)15(3)13(18)14-9(2)10-7-5-6-8-10/h9-11H,4-8H2,1-3H3,(H,14,18)(H,16,17). The molecule has 5 nitrogen and oxygen atoms in total. The van der Waals surface area contributed by atoms with Crippen molar-refractivity contribution in [2.75, 3.05) is 7.05 Å². The van der Waals surface area contributed by atoms with Gasteiger partial charge in [0.1, 0.15) is 6.04 Å². The molecule has 0 aromatic heterocycles. The highest BCUT2D eigenvalue weighted by Crippen LogP contribution is 2.27. The van der Waals surface area contributed by atoms with Gasteiger partial charge in [-0.3, -0.25) is 0 Å². The maximum absolute atomic E-state index is 12.0. The number of rotatable bonds is 5. The van der Waals surface area contributed by atoms with E-state index in [2.05, 4.69) is 5.32 Å². The molecule has 1 aliphatic rings. The first-order chi connectivity index (χ1) is 8.47. The molecule has 2 amide bonds. The van der Waals surface area contributed by atoms with Crippen molar-refractivity contribution in [2.45, 2.75) is 58.0 Å². The number of carbonyl (C=O) groups is 2. The monoisotopic (exact) mass is 256 g/mol. The Hall–Kier alpha value is -1.26. The summed E-state index contributed by atoms with van der Waals surface area (Å²) in [5.41, 5.74) is 0. The van der Waals surface area contributed by atoms with E-state index in [-0.39, 0.29) is 12.1 Å². The molecule has 0 spiro atoms. The molecular formula is C13H24N2O3. The van der Waals surface area contributed by atoms with E-state index in [0.29, 0.717) is 12.3 Å². The Bertz CT molecular complexity index is 301. The average molecular weight is 256 g/mol. The minimum absolute atomic E-state index is 0.119. The highest BCUT2D eigenvalue weighted by molar-refractivity contribution is 5.82. The molecular weight excluding hydrogens is 232 g/mol. The molecule has 5 heteroatoms. The summed E-state index contributed by atoms with van der Waals surface area (Å²) in [5, 5.41) is 11.9. The second-order valence-corrected chi connectivity index (χ2v) is 5.16. The molecule has 0 radical (unpaired) electrons. The third-order valence-electron chi connectivity index (χ3n) is 3.92. The van der Waals surface area contributed by atoms with Crippen molar-refractivity contribution in [2.24, 2.45) is 5.92 Å². The summed E-state index contributed by atoms with van der Waals surface area (Å²) >= 11 is 0. The Morgan fingerprint density at radius 2 is 1.94 bits per heavy atom. The zero-order valence-electron chi connectivity index (χ0n) is 11.5. The smallest absolute Gasteiger partial charge is 0.326 e. The van der Waals surface area contributed by atoms with Crippen LogP contribution in [0.1, 0.15) is 46.0 Å². The van der Waals surface area contributed by atoms with Crippen LogP contribution in [0, 0.1) is 5.92 Å². The van der Waals surface area contributed by atoms with E-state index in [4.69, 9.17) is 5.11 Å². The topological polar surface area (TPSA) is 69.6 Å². The molecule has 0 aromatic rings. The third-order valence-corrected chi connectivity index (χ3v) is 3.92. The second-order valence-electron chi connectivity index (χ2n) is 5.16. The molecule has 0 aromatic carbocycles. The molecule has 2 atom stereocenters. The number of nitrogens with one attached hydrogen (secondary N) is 1. The fraction of sp³-hybridized carbons (Fsp3) is 0.846. The van der Waals surface area contributed by atoms with Crippen LogP contribution in [0.15, 0.2) is 0 Å². The highest BCUT2D eigenvalue weighted by Gasteiger charge is 2.28. The van der Waals surface area contributed by atoms with Crippen molar-refractivity contribution >= 4 is 12.0 Å². The molecule has 0 heterocycles. The minimum atomic E-state index is -0.955. The Balaban J connectivity index is 2.50. The van der Waals surface area contributed by atoms with Gasteiger partial charge in [-0.2, -0.15) is 0 Å². The van der Waals surface area contributed by atoms with E-state index in [1.807, 2.05) is 6.92 Å². The van der Waals surface area contributed by atoms with Crippen LogP contribution >= 0.6 is 0 Å². The molecule has 0 aliphatic heterocycles. The first-order valence-electron chi connectivity index (χ1n) is 6.73. The fourth-order valence-electron chi connectivity index (χ4n) is 2.63. The first kappa shape index (κ1) is 14.8. The summed E-state index contributed by atoms with van der Waals surface area (Å²) in [6.07, 6.45) is 5.18. The highest BCUT2D eigenvalue weighted by atomic mass is 16.4. The molecule has 1 rings (SSSR count). The first-order valence-corrected chi connectivity index (χ1v) is 6.73. The quantitative estimate of drug-likeness (QED) is 0.791. The van der Waals surface area contributed by atoms with Gasteiger partial charge in [0.25, 0.3) is 0 Å². The van der Waals surface area contributed by atoms with E-state index >= 15 is 0 Å². The van der Waals surface area contributed by atoms with Crippen LogP contribution in [0.3, 0.4) is 0 Å². The lowest BCUT2D eigenvalue weighted by Crippen LogP contribution is -2.50. The fourth-order valence-corrected chi connectivity index (χ4v) is 2.63. The number of urea groups is 1. The van der Waals surface area contributed by atoms with Gasteiger partial charge in [0.05, 0.1) is 0 Å². The number of carboxylic acid groups (broad SMARTS) is 1. The maximum atomic E-state index is 12.0. The minimum Gasteiger partial charge on any atom is -0.480 e. The van der Waals surface area contributed by atoms with E-state index in [9.17, 15) is 9.59 Å². The SMILES string of the molecule is CCC(C(=O)O)N(C)C(=O)NC(C)C1CCCC1. The second kappa shape index (κ2) is 6.61. The molecule has 0 saturated heterocycles. The van der Waals surface area contributed by atoms with Crippen LogP contribution in [0.2, 0.25) is 0 Å². The number of carbonyl (C=O) groups excluding carboxylic acids is 1. The zero-order chi connectivity index (χ0) is 13.7. The predicted octanol–water partition coefficient (Wildman–Crippen LogP) is 2.07. The van der Waals surface area contributed by atoms with Crippen molar-refractivity contribution in [3.05, 3.63) is 0 Å². The Morgan fingerprint density at radius 1 is 1.39 bits per heavy atom. The summed E-state index contributed by atoms with van der Waals surface area (Å²) in [7, 11) is 1.54. The third kappa shape index (κ3) is 3.62. The van der Waals surface area contributed by atoms with Gasteiger partial charge in [-0.15, -0.1) is 0 Å². The molecule has 2 unspecified atom stereocenters. The van der Waals surface area contributed by atoms with Crippen molar-refractivity contribution in [1.82, 2.24) is 10.2 Å². The summed E-state index contributed by atoms with van der Waals surface area (Å²) < 4.78 is 0. The molecule has 18 heavy (non-hydrogen) atoms. The van der Waals surface area contributed by atoms with Gasteiger partial charge in [0.2, 0.25) is 0 Å². The number of hydrogen-bond donors (Lipinski definition) is 2. The van der Waals surface area contributed by atoms with Crippen molar-refractivity contribution in [1.29, 1.82) is 0 Å². The van der Waals surface area contributed by atoms with Crippen LogP contribution < -0.4 is 5.32 Å². The molecule has 0 bridgehead atoms. The molecule has 1 aliphatic carbocycles. The molecule has 1 fully saturated rings. The van der Waals surface area contributed by atoms with Crippen molar-refractivity contribution in [3.8, 4) is 0 Å². The zero-order valence-corrected chi connectivity index (χ0v) is 11.5. The predicted molar refractivity (Wildman–Crippen MR) is 69.4 cm³/mol. The lowest BCUT2D eigenvalue weighted by Gasteiger charge is -2.28. The molecule has 2 N–H and O–H groups in total. The van der Waals surface area contributed by atoms with Gasteiger partial charge in [-0.05, 0) is 32.1 Å². The van der Waals surface area contributed by atoms with E-state index in [1.54, 1.807) is 14.0 Å². The summed E-state index contributed by atoms with van der Waals surface area (Å²) in [5.74, 6) is -0.420. The van der Waals surface area contributed by atoms with E-state index in [1.165, 1.54) is 17.7 Å². The lowest BCUT2D eigenvalue weighted by molar-refractivity contribution is -0.141. The van der Waals surface area contributed by atoms with E-state index in [0.717, 1.165) is 12.8 Å². The van der Waals surface area contributed by atoms with Crippen molar-refractivity contribution in [3.63, 3.8) is 0 Å².